The van der Waals surface area contributed by atoms with Crippen LogP contribution >= 0.6 is 11.6 Å². The molecule has 1 fully saturated rings. The first-order valence-corrected chi connectivity index (χ1v) is 7.46. The maximum absolute atomic E-state index is 12.3. The van der Waals surface area contributed by atoms with Crippen molar-refractivity contribution in [3.8, 4) is 0 Å². The molecule has 124 valence electrons. The van der Waals surface area contributed by atoms with E-state index in [0.29, 0.717) is 31.0 Å². The van der Waals surface area contributed by atoms with E-state index < -0.39 is 23.9 Å². The number of hydrogen-bond donors (Lipinski definition) is 2. The Morgan fingerprint density at radius 3 is 2.52 bits per heavy atom. The molecule has 7 nitrogen and oxygen atoms in total. The van der Waals surface area contributed by atoms with Crippen molar-refractivity contribution >= 4 is 35.3 Å². The number of nitrogens with one attached hydrogen (secondary N) is 1. The van der Waals surface area contributed by atoms with E-state index in [1.165, 1.54) is 30.2 Å². The van der Waals surface area contributed by atoms with E-state index in [2.05, 4.69) is 10.1 Å². The number of benzene rings is 1. The Kier molecular flexibility index (Phi) is 5.44. The van der Waals surface area contributed by atoms with Crippen LogP contribution in [-0.2, 0) is 9.53 Å². The highest BCUT2D eigenvalue weighted by Gasteiger charge is 2.27. The monoisotopic (exact) mass is 340 g/mol. The molecule has 0 unspecified atom stereocenters. The Labute approximate surface area is 138 Å². The lowest BCUT2D eigenvalue weighted by molar-refractivity contribution is -0.143. The zero-order valence-corrected chi connectivity index (χ0v) is 13.3. The van der Waals surface area contributed by atoms with Gasteiger partial charge in [0.15, 0.2) is 0 Å². The van der Waals surface area contributed by atoms with Crippen molar-refractivity contribution in [2.24, 2.45) is 5.92 Å². The lowest BCUT2D eigenvalue weighted by atomic mass is 9.97. The quantitative estimate of drug-likeness (QED) is 0.824. The molecule has 1 heterocycles. The first kappa shape index (κ1) is 17.1. The fourth-order valence-electron chi connectivity index (χ4n) is 2.43. The standard InChI is InChI=1S/C15H17ClN2O5/c1-23-14(21)11-3-2-10(16)8-12(11)17-15(22)18-6-4-9(5-7-18)13(19)20/h2-3,8-9H,4-7H2,1H3,(H,17,22)(H,19,20). The molecule has 0 atom stereocenters. The average Bonchev–Trinajstić information content (AvgIpc) is 2.54. The summed E-state index contributed by atoms with van der Waals surface area (Å²) >= 11 is 5.91. The lowest BCUT2D eigenvalue weighted by Crippen LogP contribution is -2.42. The largest absolute Gasteiger partial charge is 0.481 e. The second-order valence-corrected chi connectivity index (χ2v) is 5.65. The van der Waals surface area contributed by atoms with E-state index in [9.17, 15) is 14.4 Å². The third-order valence-electron chi connectivity index (χ3n) is 3.76. The van der Waals surface area contributed by atoms with Gasteiger partial charge < -0.3 is 20.1 Å². The number of esters is 1. The number of anilines is 1. The van der Waals surface area contributed by atoms with Gasteiger partial charge in [-0.15, -0.1) is 0 Å². The predicted molar refractivity (Wildman–Crippen MR) is 83.7 cm³/mol. The Hall–Kier alpha value is -2.28. The Morgan fingerprint density at radius 1 is 1.30 bits per heavy atom. The number of rotatable bonds is 3. The van der Waals surface area contributed by atoms with E-state index in [1.54, 1.807) is 0 Å². The summed E-state index contributed by atoms with van der Waals surface area (Å²) in [6, 6.07) is 4.07. The van der Waals surface area contributed by atoms with Crippen LogP contribution in [0.25, 0.3) is 0 Å². The molecule has 0 spiro atoms. The number of hydrogen-bond acceptors (Lipinski definition) is 4. The highest BCUT2D eigenvalue weighted by molar-refractivity contribution is 6.31. The molecule has 0 aromatic heterocycles. The second kappa shape index (κ2) is 7.32. The third kappa shape index (κ3) is 4.13. The number of amides is 2. The smallest absolute Gasteiger partial charge is 0.339 e. The summed E-state index contributed by atoms with van der Waals surface area (Å²) in [5.74, 6) is -1.84. The van der Waals surface area contributed by atoms with Crippen LogP contribution in [0.1, 0.15) is 23.2 Å². The number of methoxy groups -OCH3 is 1. The van der Waals surface area contributed by atoms with Crippen molar-refractivity contribution < 1.29 is 24.2 Å². The molecule has 1 saturated heterocycles. The molecule has 0 bridgehead atoms. The first-order chi connectivity index (χ1) is 10.9. The molecule has 1 aromatic carbocycles. The Morgan fingerprint density at radius 2 is 1.96 bits per heavy atom. The Bertz CT molecular complexity index is 626. The van der Waals surface area contributed by atoms with Crippen molar-refractivity contribution in [3.63, 3.8) is 0 Å². The zero-order valence-electron chi connectivity index (χ0n) is 12.5. The minimum Gasteiger partial charge on any atom is -0.481 e. The number of carboxylic acid groups (broad SMARTS) is 1. The number of carbonyl (C=O) groups is 3. The van der Waals surface area contributed by atoms with Gasteiger partial charge in [0, 0.05) is 18.1 Å². The summed E-state index contributed by atoms with van der Waals surface area (Å²) in [5, 5.41) is 12.0. The van der Waals surface area contributed by atoms with Crippen LogP contribution in [0.4, 0.5) is 10.5 Å². The molecule has 2 N–H and O–H groups in total. The number of nitrogens with zero attached hydrogens (tertiary/aromatic N) is 1. The lowest BCUT2D eigenvalue weighted by Gasteiger charge is -2.30. The van der Waals surface area contributed by atoms with Crippen LogP contribution in [0.2, 0.25) is 5.02 Å². The summed E-state index contributed by atoms with van der Waals surface area (Å²) in [6.45, 7) is 0.688. The van der Waals surface area contributed by atoms with Crippen molar-refractivity contribution in [3.05, 3.63) is 28.8 Å². The molecular formula is C15H17ClN2O5. The number of likely N-dealkylation sites (tertiary alicyclic amines) is 1. The molecule has 0 saturated carbocycles. The van der Waals surface area contributed by atoms with Gasteiger partial charge in [-0.25, -0.2) is 9.59 Å². The molecule has 2 rings (SSSR count). The number of halogens is 1. The van der Waals surface area contributed by atoms with Crippen molar-refractivity contribution in [1.82, 2.24) is 4.90 Å². The van der Waals surface area contributed by atoms with E-state index in [-0.39, 0.29) is 11.3 Å². The number of aliphatic carboxylic acids is 1. The second-order valence-electron chi connectivity index (χ2n) is 5.21. The van der Waals surface area contributed by atoms with Crippen LogP contribution in [0.5, 0.6) is 0 Å². The average molecular weight is 341 g/mol. The SMILES string of the molecule is COC(=O)c1ccc(Cl)cc1NC(=O)N1CCC(C(=O)O)CC1. The maximum atomic E-state index is 12.3. The first-order valence-electron chi connectivity index (χ1n) is 7.09. The van der Waals surface area contributed by atoms with E-state index >= 15 is 0 Å². The van der Waals surface area contributed by atoms with Crippen molar-refractivity contribution in [1.29, 1.82) is 0 Å². The molecule has 1 aliphatic rings. The van der Waals surface area contributed by atoms with Crippen LogP contribution < -0.4 is 5.32 Å². The number of carboxylic acids is 1. The fraction of sp³-hybridized carbons (Fsp3) is 0.400. The van der Waals surface area contributed by atoms with Crippen LogP contribution in [-0.4, -0.2) is 48.2 Å². The summed E-state index contributed by atoms with van der Waals surface area (Å²) in [4.78, 5) is 36.5. The van der Waals surface area contributed by atoms with E-state index in [4.69, 9.17) is 16.7 Å². The molecule has 0 radical (unpaired) electrons. The van der Waals surface area contributed by atoms with Crippen molar-refractivity contribution in [2.75, 3.05) is 25.5 Å². The maximum Gasteiger partial charge on any atom is 0.339 e. The highest BCUT2D eigenvalue weighted by atomic mass is 35.5. The van der Waals surface area contributed by atoms with Gasteiger partial charge in [0.1, 0.15) is 0 Å². The summed E-state index contributed by atoms with van der Waals surface area (Å²) < 4.78 is 4.67. The van der Waals surface area contributed by atoms with E-state index in [1.807, 2.05) is 0 Å². The number of carbonyl (C=O) groups excluding carboxylic acids is 2. The Balaban J connectivity index is 2.07. The van der Waals surface area contributed by atoms with Crippen LogP contribution in [0.15, 0.2) is 18.2 Å². The van der Waals surface area contributed by atoms with Gasteiger partial charge in [0.05, 0.1) is 24.3 Å². The predicted octanol–water partition coefficient (Wildman–Crippen LogP) is 2.46. The summed E-state index contributed by atoms with van der Waals surface area (Å²) in [6.07, 6.45) is 0.810. The summed E-state index contributed by atoms with van der Waals surface area (Å²) in [5.41, 5.74) is 0.459. The van der Waals surface area contributed by atoms with Crippen LogP contribution in [0.3, 0.4) is 0 Å². The fourth-order valence-corrected chi connectivity index (χ4v) is 2.60. The minimum atomic E-state index is -0.840. The van der Waals surface area contributed by atoms with Gasteiger partial charge in [-0.1, -0.05) is 11.6 Å². The molecule has 0 aliphatic carbocycles. The number of urea groups is 1. The minimum absolute atomic E-state index is 0.200. The molecular weight excluding hydrogens is 324 g/mol. The van der Waals surface area contributed by atoms with Crippen molar-refractivity contribution in [2.45, 2.75) is 12.8 Å². The summed E-state index contributed by atoms with van der Waals surface area (Å²) in [7, 11) is 1.25. The van der Waals surface area contributed by atoms with Crippen LogP contribution in [0, 0.1) is 5.92 Å². The molecule has 1 aliphatic heterocycles. The van der Waals surface area contributed by atoms with Gasteiger partial charge >= 0.3 is 18.0 Å². The molecule has 1 aromatic rings. The zero-order chi connectivity index (χ0) is 17.0. The molecule has 23 heavy (non-hydrogen) atoms. The van der Waals surface area contributed by atoms with Gasteiger partial charge in [-0.3, -0.25) is 4.79 Å². The molecule has 8 heteroatoms. The van der Waals surface area contributed by atoms with E-state index in [0.717, 1.165) is 0 Å². The topological polar surface area (TPSA) is 95.9 Å². The van der Waals surface area contributed by atoms with Gasteiger partial charge in [0.2, 0.25) is 0 Å². The number of ether oxygens (including phenoxy) is 1. The van der Waals surface area contributed by atoms with Gasteiger partial charge in [0.25, 0.3) is 0 Å². The normalized spacial score (nSPS) is 15.1. The highest BCUT2D eigenvalue weighted by Crippen LogP contribution is 2.23. The van der Waals surface area contributed by atoms with Gasteiger partial charge in [-0.2, -0.15) is 0 Å². The number of piperidine rings is 1. The third-order valence-corrected chi connectivity index (χ3v) is 4.00. The van der Waals surface area contributed by atoms with Gasteiger partial charge in [-0.05, 0) is 31.0 Å². The molecule has 2 amide bonds.